The number of H-pyrrole nitrogens is 1. The van der Waals surface area contributed by atoms with Gasteiger partial charge in [0.15, 0.2) is 48.4 Å². The normalized spacial score (nSPS) is 33.7. The summed E-state index contributed by atoms with van der Waals surface area (Å²) < 4.78 is 95.8. The fourth-order valence-corrected chi connectivity index (χ4v) is 13.7. The number of fused-ring (bicyclic) bond motifs is 3. The fraction of sp³-hybridized carbons (Fsp3) is 0.606. The maximum Gasteiger partial charge on any atom is 0.490 e. The number of phosphoric acid groups is 3. The largest absolute Gasteiger partial charge is 0.490 e. The molecule has 0 spiro atoms. The van der Waals surface area contributed by atoms with Gasteiger partial charge in [0.25, 0.3) is 17.4 Å². The highest BCUT2D eigenvalue weighted by Gasteiger charge is 2.55. The standard InChI is InChI=1S/C33H47N15O23P4S/c1-3-45-10-48(26-16(45)28(54)44-33(36)42-26)30-20(52)17(49)11(67-30)4-63-72(55,56)70-74(59,60)71-73(57,58)64-6-13-21(22(62-2)31(68-13)46-8-39-14-23(34)37-7-38-24(14)46)69-75(61,76)65-5-12-18(50)19(51)29(66-12)47-9-40-15-25(47)41-32(35)43-27(15)53/h7-13,15,17-22,25,29-31,49-52H,3-6H2,1-2H3,(H11-,34,35,36,37,38,41,42,43,44,53,54,55,56,57,58,59,60,61,76)/p+1/t11-,12-,13-,15?,17-,18-,19-,20-,21-,22-,25?,29-,30-,31-,75?/m1/s1. The minimum absolute atomic E-state index is 0.0199. The molecule has 0 saturated carbocycles. The van der Waals surface area contributed by atoms with E-state index in [2.05, 4.69) is 48.8 Å². The third kappa shape index (κ3) is 11.2. The van der Waals surface area contributed by atoms with Gasteiger partial charge < -0.3 is 85.6 Å². The number of aliphatic hydroxyl groups is 4. The monoisotopic (exact) mass is 1180 g/mol. The highest BCUT2D eigenvalue weighted by atomic mass is 32.5. The third-order valence-corrected chi connectivity index (χ3v) is 17.9. The van der Waals surface area contributed by atoms with Gasteiger partial charge in [0.1, 0.15) is 66.8 Å². The Labute approximate surface area is 429 Å². The minimum atomic E-state index is -6.17. The number of hydrogen-bond acceptors (Lipinski definition) is 30. The number of amides is 1. The molecule has 38 nitrogen and oxygen atoms in total. The first kappa shape index (κ1) is 56.3. The number of imidazole rings is 2. The number of nitrogen functional groups attached to an aromatic ring is 2. The summed E-state index contributed by atoms with van der Waals surface area (Å²) in [4.78, 5) is 95.9. The van der Waals surface area contributed by atoms with Crippen molar-refractivity contribution >= 4 is 94.3 Å². The van der Waals surface area contributed by atoms with Gasteiger partial charge in [0.05, 0.1) is 39.0 Å². The van der Waals surface area contributed by atoms with Crippen LogP contribution < -0.4 is 32.6 Å². The maximum atomic E-state index is 13.3. The Balaban J connectivity index is 0.852. The molecule has 3 fully saturated rings. The van der Waals surface area contributed by atoms with E-state index in [-0.39, 0.29) is 46.6 Å². The van der Waals surface area contributed by atoms with Crippen LogP contribution in [0.25, 0.3) is 22.3 Å². The van der Waals surface area contributed by atoms with Crippen LogP contribution in [0, 0.1) is 0 Å². The summed E-state index contributed by atoms with van der Waals surface area (Å²) in [6, 6.07) is -1.05. The van der Waals surface area contributed by atoms with Crippen LogP contribution in [0.5, 0.6) is 0 Å². The first-order chi connectivity index (χ1) is 35.7. The molecule has 18 atom stereocenters. The Morgan fingerprint density at radius 3 is 2.16 bits per heavy atom. The third-order valence-electron chi connectivity index (χ3n) is 12.1. The molecule has 0 radical (unpaired) electrons. The fourth-order valence-electron chi connectivity index (χ4n) is 8.71. The molecule has 418 valence electrons. The van der Waals surface area contributed by atoms with E-state index in [0.717, 1.165) is 18.0 Å². The van der Waals surface area contributed by atoms with Crippen molar-refractivity contribution in [2.75, 3.05) is 38.4 Å². The molecule has 43 heteroatoms. The molecule has 1 amide bonds. The minimum Gasteiger partial charge on any atom is -0.387 e. The van der Waals surface area contributed by atoms with Crippen molar-refractivity contribution in [1.82, 2.24) is 44.3 Å². The smallest absolute Gasteiger partial charge is 0.387 e. The Hall–Kier alpha value is -4.47. The second kappa shape index (κ2) is 21.3. The van der Waals surface area contributed by atoms with E-state index in [0.29, 0.717) is 0 Å². The molecule has 9 rings (SSSR count). The number of aromatic nitrogens is 8. The van der Waals surface area contributed by atoms with Gasteiger partial charge in [-0.3, -0.25) is 47.6 Å². The quantitative estimate of drug-likeness (QED) is 0.0290. The second-order valence-electron chi connectivity index (χ2n) is 16.9. The summed E-state index contributed by atoms with van der Waals surface area (Å²) in [5.74, 6) is -1.16. The van der Waals surface area contributed by atoms with Crippen molar-refractivity contribution in [1.29, 1.82) is 0 Å². The van der Waals surface area contributed by atoms with Gasteiger partial charge in [-0.2, -0.15) is 8.62 Å². The summed E-state index contributed by atoms with van der Waals surface area (Å²) in [5.41, 5.74) is 16.8. The zero-order valence-electron chi connectivity index (χ0n) is 38.8. The molecule has 0 aromatic carbocycles. The lowest BCUT2D eigenvalue weighted by molar-refractivity contribution is -0.746. The highest BCUT2D eigenvalue weighted by Crippen LogP contribution is 2.68. The van der Waals surface area contributed by atoms with Crippen molar-refractivity contribution < 1.29 is 109 Å². The lowest BCUT2D eigenvalue weighted by atomic mass is 10.1. The molecular formula is C33H48N15O23P4S+. The number of aliphatic imine (C=N–C) groups is 2. The van der Waals surface area contributed by atoms with Gasteiger partial charge in [-0.15, -0.1) is 0 Å². The van der Waals surface area contributed by atoms with Gasteiger partial charge in [-0.05, 0) is 18.7 Å². The SMILES string of the molecule is CCn1c[n+]([C@@H]2O[C@H](COP(=O)(O)OP(=O)(O)OP(=O)(O)OC[C@H]3O[C@@H](n4cnc5c(N)ncnc54)[C@H](OC)[C@@H]3OP(O)(=S)OC[C@H]3O[C@@H](N4C=NC5C(=O)NC(N)=NC54)[C@H](O)[C@@H]3O)[C@@H](O)[C@H]2O)c2nc(N)[nH]c(=O)c21. The van der Waals surface area contributed by atoms with Gasteiger partial charge >= 0.3 is 35.8 Å². The first-order valence-electron chi connectivity index (χ1n) is 22.0. The van der Waals surface area contributed by atoms with Crippen LogP contribution in [-0.2, 0) is 82.5 Å². The number of nitrogens with two attached hydrogens (primary N) is 3. The number of carbonyl (C=O) groups excluding carboxylic acids is 1. The molecule has 16 N–H and O–H groups in total. The van der Waals surface area contributed by atoms with E-state index in [1.807, 2.05) is 0 Å². The number of hydrogen-bond donors (Lipinski definition) is 13. The molecule has 3 saturated heterocycles. The number of carbonyl (C=O) groups is 1. The number of phosphoric ester groups is 2. The van der Waals surface area contributed by atoms with E-state index in [1.165, 1.54) is 33.0 Å². The predicted octanol–water partition coefficient (Wildman–Crippen LogP) is -5.52. The molecule has 9 heterocycles. The summed E-state index contributed by atoms with van der Waals surface area (Å²) in [6.45, 7) is -5.75. The Morgan fingerprint density at radius 1 is 0.829 bits per heavy atom. The number of nitrogens with one attached hydrogen (secondary N) is 2. The molecule has 6 unspecified atom stereocenters. The molecule has 76 heavy (non-hydrogen) atoms. The van der Waals surface area contributed by atoms with Crippen LogP contribution in [0.1, 0.15) is 19.4 Å². The number of aryl methyl sites for hydroxylation is 1. The van der Waals surface area contributed by atoms with Gasteiger partial charge in [-0.25, -0.2) is 38.2 Å². The Morgan fingerprint density at radius 2 is 1.47 bits per heavy atom. The molecule has 0 bridgehead atoms. The number of rotatable bonds is 20. The van der Waals surface area contributed by atoms with Gasteiger partial charge in [0.2, 0.25) is 11.7 Å². The van der Waals surface area contributed by atoms with Crippen LogP contribution >= 0.6 is 30.2 Å². The topological polar surface area (TPSA) is 539 Å². The van der Waals surface area contributed by atoms with Crippen molar-refractivity contribution in [3.63, 3.8) is 0 Å². The van der Waals surface area contributed by atoms with Crippen molar-refractivity contribution in [2.45, 2.75) is 99.3 Å². The Bertz CT molecular complexity index is 3210. The molecule has 4 aromatic rings. The zero-order chi connectivity index (χ0) is 55.0. The van der Waals surface area contributed by atoms with Crippen LogP contribution in [0.3, 0.4) is 0 Å². The number of nitrogens with zero attached hydrogens (tertiary/aromatic N) is 10. The lowest BCUT2D eigenvalue weighted by Gasteiger charge is -2.32. The number of aliphatic hydroxyl groups excluding tert-OH is 4. The van der Waals surface area contributed by atoms with Gasteiger partial charge in [-0.1, -0.05) is 4.98 Å². The zero-order valence-corrected chi connectivity index (χ0v) is 43.2. The number of ether oxygens (including phenoxy) is 4. The number of anilines is 2. The molecule has 4 aromatic heterocycles. The lowest BCUT2D eigenvalue weighted by Crippen LogP contribution is -2.56. The van der Waals surface area contributed by atoms with E-state index < -0.39 is 147 Å². The van der Waals surface area contributed by atoms with Crippen LogP contribution in [0.15, 0.2) is 33.8 Å². The van der Waals surface area contributed by atoms with E-state index in [1.54, 1.807) is 6.92 Å². The maximum absolute atomic E-state index is 13.3. The van der Waals surface area contributed by atoms with Crippen molar-refractivity contribution in [3.8, 4) is 0 Å². The van der Waals surface area contributed by atoms with E-state index >= 15 is 0 Å². The van der Waals surface area contributed by atoms with Crippen LogP contribution in [-0.4, -0.2) is 197 Å². The summed E-state index contributed by atoms with van der Waals surface area (Å²) in [5, 5.41) is 45.8. The van der Waals surface area contributed by atoms with Crippen LogP contribution in [0.2, 0.25) is 0 Å². The van der Waals surface area contributed by atoms with Crippen molar-refractivity contribution in [3.05, 3.63) is 29.3 Å². The van der Waals surface area contributed by atoms with Crippen LogP contribution in [0.4, 0.5) is 11.8 Å². The molecule has 5 aliphatic heterocycles. The summed E-state index contributed by atoms with van der Waals surface area (Å²) in [6.07, 6.45) is -15.4. The molecule has 0 aliphatic carbocycles. The van der Waals surface area contributed by atoms with Crippen molar-refractivity contribution in [2.24, 2.45) is 15.7 Å². The summed E-state index contributed by atoms with van der Waals surface area (Å²) in [7, 11) is -16.8. The average Bonchev–Trinajstić information content (AvgIpc) is 4.19. The van der Waals surface area contributed by atoms with Gasteiger partial charge in [0, 0.05) is 7.11 Å². The van der Waals surface area contributed by atoms with E-state index in [9.17, 15) is 63.3 Å². The highest BCUT2D eigenvalue weighted by molar-refractivity contribution is 8.07. The summed E-state index contributed by atoms with van der Waals surface area (Å²) >= 11 is 5.29. The van der Waals surface area contributed by atoms with E-state index in [4.69, 9.17) is 66.1 Å². The Kier molecular flexibility index (Phi) is 15.8. The predicted molar refractivity (Wildman–Crippen MR) is 250 cm³/mol. The molecular weight excluding hydrogens is 1130 g/mol. The number of aromatic amines is 1. The second-order valence-corrected chi connectivity index (χ2v) is 24.4. The average molecular weight is 1180 g/mol. The molecule has 5 aliphatic rings. The number of methoxy groups -OCH3 is 1. The first-order valence-corrected chi connectivity index (χ1v) is 29.0. The number of guanidine groups is 1.